The van der Waals surface area contributed by atoms with Crippen LogP contribution in [0.4, 0.5) is 17.5 Å². The van der Waals surface area contributed by atoms with Crippen LogP contribution in [0.3, 0.4) is 0 Å². The quantitative estimate of drug-likeness (QED) is 0.0581. The summed E-state index contributed by atoms with van der Waals surface area (Å²) in [6.07, 6.45) is -17.0. The molecule has 3 aliphatic rings. The summed E-state index contributed by atoms with van der Waals surface area (Å²) in [5, 5.41) is 75.5. The summed E-state index contributed by atoms with van der Waals surface area (Å²) < 4.78 is 79.2. The zero-order valence-electron chi connectivity index (χ0n) is 38.6. The van der Waals surface area contributed by atoms with Crippen molar-refractivity contribution in [2.24, 2.45) is 0 Å². The van der Waals surface area contributed by atoms with Crippen molar-refractivity contribution < 1.29 is 120 Å². The lowest BCUT2D eigenvalue weighted by Gasteiger charge is -2.19. The Labute approximate surface area is 433 Å². The van der Waals surface area contributed by atoms with Gasteiger partial charge >= 0.3 is 46.6 Å². The first-order chi connectivity index (χ1) is 35.0. The lowest BCUT2D eigenvalue weighted by molar-refractivity contribution is -0.115. The summed E-state index contributed by atoms with van der Waals surface area (Å²) in [7, 11) is -16.8. The predicted molar refractivity (Wildman–Crippen MR) is 248 cm³/mol. The minimum absolute atomic E-state index is 0.0295. The van der Waals surface area contributed by atoms with E-state index in [-0.39, 0.29) is 23.4 Å². The zero-order valence-corrected chi connectivity index (χ0v) is 43.7. The first kappa shape index (κ1) is 64.4. The molecule has 3 amide bonds. The topological polar surface area (TPSA) is 547 Å². The van der Waals surface area contributed by atoms with Crippen LogP contribution >= 0.6 is 52.0 Å². The van der Waals surface area contributed by atoms with Gasteiger partial charge in [-0.2, -0.15) is 23.6 Å². The van der Waals surface area contributed by atoms with Crippen molar-refractivity contribution in [2.75, 3.05) is 35.8 Å². The Morgan fingerprint density at radius 2 is 0.868 bits per heavy atom. The summed E-state index contributed by atoms with van der Waals surface area (Å²) in [5.41, 5.74) is -2.58. The van der Waals surface area contributed by atoms with Crippen LogP contribution in [0, 0.1) is 0 Å². The number of carbonyl (C=O) groups is 3. The Morgan fingerprint density at radius 1 is 0.553 bits per heavy atom. The van der Waals surface area contributed by atoms with E-state index in [0.29, 0.717) is 0 Å². The molecule has 0 spiro atoms. The highest BCUT2D eigenvalue weighted by Crippen LogP contribution is 2.66. The summed E-state index contributed by atoms with van der Waals surface area (Å²) in [6.45, 7) is 1.72. The van der Waals surface area contributed by atoms with Crippen LogP contribution in [0.15, 0.2) is 51.2 Å². The minimum atomic E-state index is -5.74. The van der Waals surface area contributed by atoms with E-state index in [1.807, 2.05) is 0 Å². The second-order valence-corrected chi connectivity index (χ2v) is 24.2. The molecule has 0 radical (unpaired) electrons. The van der Waals surface area contributed by atoms with Gasteiger partial charge in [0.2, 0.25) is 17.7 Å². The highest BCUT2D eigenvalue weighted by atomic mass is 35.9. The average Bonchev–Trinajstić information content (AvgIpc) is 3.84. The van der Waals surface area contributed by atoms with Crippen molar-refractivity contribution >= 4 is 87.2 Å². The van der Waals surface area contributed by atoms with E-state index in [0.717, 1.165) is 19.9 Å². The Balaban J connectivity index is 0.000000254. The number of anilines is 3. The van der Waals surface area contributed by atoms with E-state index >= 15 is 0 Å². The van der Waals surface area contributed by atoms with Gasteiger partial charge in [-0.3, -0.25) is 37.2 Å². The van der Waals surface area contributed by atoms with Gasteiger partial charge in [-0.15, -0.1) is 0 Å². The first-order valence-electron chi connectivity index (χ1n) is 20.7. The van der Waals surface area contributed by atoms with Gasteiger partial charge in [0.15, 0.2) is 18.7 Å². The molecule has 3 aromatic heterocycles. The number of aliphatic hydroxyl groups is 7. The van der Waals surface area contributed by atoms with Crippen molar-refractivity contribution in [3.8, 4) is 0 Å². The summed E-state index contributed by atoms with van der Waals surface area (Å²) in [5.74, 6) is -1.28. The molecule has 0 bridgehead atoms. The number of carbonyl (C=O) groups excluding carboxylic acids is 3. The fraction of sp³-hybridized carbons (Fsp3) is 0.545. The van der Waals surface area contributed by atoms with Crippen LogP contribution in [-0.4, -0.2) is 176 Å². The lowest BCUT2D eigenvalue weighted by Crippen LogP contribution is -2.36. The second kappa shape index (κ2) is 26.7. The van der Waals surface area contributed by atoms with Crippen molar-refractivity contribution in [1.29, 1.82) is 0 Å². The third kappa shape index (κ3) is 18.8. The van der Waals surface area contributed by atoms with Gasteiger partial charge < -0.3 is 90.0 Å². The van der Waals surface area contributed by atoms with Gasteiger partial charge in [-0.25, -0.2) is 28.1 Å². The molecule has 6 heterocycles. The van der Waals surface area contributed by atoms with Crippen LogP contribution in [0.25, 0.3) is 0 Å². The number of hydrogen-bond acceptors (Lipinski definition) is 27. The molecule has 3 aliphatic heterocycles. The molecule has 0 aliphatic carbocycles. The molecular weight excluding hydrogens is 1170 g/mol. The number of amides is 3. The number of nitrogens with zero attached hydrogens (tertiary/aromatic N) is 6. The molecule has 0 saturated carbocycles. The van der Waals surface area contributed by atoms with Gasteiger partial charge in [0.25, 0.3) is 0 Å². The summed E-state index contributed by atoms with van der Waals surface area (Å²) >= 11 is 10.5. The van der Waals surface area contributed by atoms with Crippen molar-refractivity contribution in [1.82, 2.24) is 28.7 Å². The summed E-state index contributed by atoms with van der Waals surface area (Å²) in [4.78, 5) is 115. The highest BCUT2D eigenvalue weighted by molar-refractivity contribution is 8.05. The number of nitrogens with one attached hydrogen (secondary N) is 3. The fourth-order valence-corrected chi connectivity index (χ4v) is 10.2. The fourth-order valence-electron chi connectivity index (χ4n) is 6.50. The maximum Gasteiger partial charge on any atom is 0.490 e. The number of aromatic nitrogens is 6. The van der Waals surface area contributed by atoms with Crippen LogP contribution in [0.5, 0.6) is 0 Å². The van der Waals surface area contributed by atoms with Crippen LogP contribution in [-0.2, 0) is 64.5 Å². The van der Waals surface area contributed by atoms with E-state index in [9.17, 15) is 82.6 Å². The Morgan fingerprint density at radius 3 is 1.14 bits per heavy atom. The Kier molecular flexibility index (Phi) is 22.6. The maximum absolute atomic E-state index is 12.1. The average molecular weight is 1210 g/mol. The second-order valence-electron chi connectivity index (χ2n) is 15.5. The first-order valence-corrected chi connectivity index (χ1v) is 28.7. The number of aliphatic hydroxyl groups excluding tert-OH is 7. The number of halogens is 2. The van der Waals surface area contributed by atoms with E-state index in [1.54, 1.807) is 0 Å². The Bertz CT molecular complexity index is 2950. The molecule has 37 nitrogen and oxygen atoms in total. The third-order valence-corrected chi connectivity index (χ3v) is 14.5. The number of rotatable bonds is 17. The van der Waals surface area contributed by atoms with E-state index in [4.69, 9.17) is 56.5 Å². The highest BCUT2D eigenvalue weighted by Gasteiger charge is 2.48. The molecule has 3 saturated heterocycles. The van der Waals surface area contributed by atoms with Crippen LogP contribution in [0.1, 0.15) is 39.5 Å². The maximum atomic E-state index is 12.1. The predicted octanol–water partition coefficient (Wildman–Crippen LogP) is -3.60. The molecule has 3 aromatic rings. The van der Waals surface area contributed by atoms with Gasteiger partial charge in [-0.05, 0) is 40.7 Å². The molecule has 6 rings (SSSR count). The molecule has 14 atom stereocenters. The van der Waals surface area contributed by atoms with Gasteiger partial charge in [0, 0.05) is 39.4 Å². The van der Waals surface area contributed by atoms with Gasteiger partial charge in [-0.1, -0.05) is 0 Å². The lowest BCUT2D eigenvalue weighted by atomic mass is 10.1. The molecule has 0 aromatic carbocycles. The van der Waals surface area contributed by atoms with E-state index in [2.05, 4.69) is 48.6 Å². The standard InChI is InChI=1S/C11H14Cl2N3O7P.C11H18N3O15P3.C11H15N3O6/c1-5(17)14-7-2-3-16(11(20)15-7)10-9(19)8(18)6(23-10)4-22-24(12,13)21;1-5(15)12-7-2-3-14(11(18)13-7)10-9(17)8(16)6(27-10)4-26-31(22,23)29-32(24,25)28-30(19,20)21;1-5(16)12-7-2-3-14(11(19)13-7)10-9(18)8(17)6(4-15)20-10/h2-3,6,8-10,18-19H,4H2,1H3,(H,14,15,17,20);2-3,6,8-10,16-17H,4H2,1H3,(H,22,23)(H,24,25)(H2,19,20,21)(H,12,13,15,18);2-3,6,8-10,15,17-18H,4H2,1H3,(H,12,13,16,19)/t3*6-,8?,9+,10-/m111/s1. The molecule has 5 unspecified atom stereocenters. The molecule has 43 heteroatoms. The normalized spacial score (nSPS) is 27.9. The van der Waals surface area contributed by atoms with Crippen LogP contribution in [0.2, 0.25) is 0 Å². The molecule has 426 valence electrons. The molecular formula is C33H47Cl2N9O28P4. The molecule has 76 heavy (non-hydrogen) atoms. The number of phosphoric ester groups is 1. The molecule has 14 N–H and O–H groups in total. The zero-order chi connectivity index (χ0) is 57.4. The number of hydrogen-bond donors (Lipinski definition) is 14. The minimum Gasteiger partial charge on any atom is -0.394 e. The van der Waals surface area contributed by atoms with Crippen molar-refractivity contribution in [3.63, 3.8) is 0 Å². The van der Waals surface area contributed by atoms with E-state index in [1.165, 1.54) is 51.4 Å². The Hall–Kier alpha value is -4.17. The van der Waals surface area contributed by atoms with Crippen molar-refractivity contribution in [3.05, 3.63) is 68.2 Å². The molecule has 3 fully saturated rings. The van der Waals surface area contributed by atoms with E-state index < -0.39 is 152 Å². The van der Waals surface area contributed by atoms with Crippen LogP contribution < -0.4 is 33.0 Å². The van der Waals surface area contributed by atoms with Gasteiger partial charge in [0.1, 0.15) is 72.4 Å². The van der Waals surface area contributed by atoms with Crippen molar-refractivity contribution in [2.45, 2.75) is 94.4 Å². The number of phosphoric acid groups is 3. The largest absolute Gasteiger partial charge is 0.490 e. The van der Waals surface area contributed by atoms with Gasteiger partial charge in [0.05, 0.1) is 19.8 Å². The smallest absolute Gasteiger partial charge is 0.394 e. The summed E-state index contributed by atoms with van der Waals surface area (Å²) in [6, 6.07) is 3.86. The number of ether oxygens (including phenoxy) is 3. The monoisotopic (exact) mass is 1210 g/mol. The third-order valence-electron chi connectivity index (χ3n) is 9.62. The SMILES string of the molecule is CC(=O)Nc1ccn([C@@H]2O[C@H](CO)C(O)[C@@H]2O)c(=O)n1.CC(=O)Nc1ccn([C@@H]2O[C@H](COP(=O)(Cl)Cl)C(O)[C@@H]2O)c(=O)n1.CC(=O)Nc1ccn([C@@H]2O[C@H](COP(=O)(O)OP(=O)(O)OP(=O)(O)O)C(O)[C@@H]2O)c(=O)n1.